The van der Waals surface area contributed by atoms with Crippen LogP contribution in [0.25, 0.3) is 5.65 Å². The Morgan fingerprint density at radius 2 is 1.43 bits per heavy atom. The number of ether oxygens (including phenoxy) is 3. The van der Waals surface area contributed by atoms with Crippen molar-refractivity contribution in [2.24, 2.45) is 0 Å². The molecule has 5 aromatic rings. The van der Waals surface area contributed by atoms with Crippen molar-refractivity contribution in [1.82, 2.24) is 24.5 Å². The van der Waals surface area contributed by atoms with E-state index in [4.69, 9.17) is 24.2 Å². The second-order valence-corrected chi connectivity index (χ2v) is 12.2. The third-order valence-electron chi connectivity index (χ3n) is 8.94. The molecular weight excluding hydrogens is 632 g/mol. The van der Waals surface area contributed by atoms with Crippen LogP contribution in [-0.2, 0) is 24.4 Å². The van der Waals surface area contributed by atoms with E-state index in [0.717, 1.165) is 28.2 Å². The first-order valence-corrected chi connectivity index (χ1v) is 16.2. The van der Waals surface area contributed by atoms with E-state index in [0.29, 0.717) is 62.4 Å². The maximum atomic E-state index is 14.4. The smallest absolute Gasteiger partial charge is 0.410 e. The van der Waals surface area contributed by atoms with E-state index in [1.165, 1.54) is 6.20 Å². The average Bonchev–Trinajstić information content (AvgIpc) is 3.56. The zero-order valence-electron chi connectivity index (χ0n) is 27.3. The molecule has 0 bridgehead atoms. The molecule has 2 aliphatic rings. The molecule has 1 atom stereocenters. The number of benzene rings is 3. The maximum absolute atomic E-state index is 14.4. The predicted octanol–water partition coefficient (Wildman–Crippen LogP) is 5.93. The minimum absolute atomic E-state index is 0.192. The molecule has 1 aliphatic carbocycles. The van der Waals surface area contributed by atoms with E-state index >= 15 is 0 Å². The molecule has 1 aliphatic heterocycles. The third-order valence-corrected chi connectivity index (χ3v) is 8.94. The molecule has 0 spiro atoms. The van der Waals surface area contributed by atoms with Gasteiger partial charge in [0.25, 0.3) is 5.92 Å². The number of methoxy groups -OCH3 is 2. The van der Waals surface area contributed by atoms with Crippen LogP contribution in [0.2, 0.25) is 0 Å². The molecule has 3 aromatic carbocycles. The number of rotatable bonds is 11. The fourth-order valence-corrected chi connectivity index (χ4v) is 6.01. The van der Waals surface area contributed by atoms with Crippen molar-refractivity contribution in [3.8, 4) is 11.5 Å². The Kier molecular flexibility index (Phi) is 8.89. The highest BCUT2D eigenvalue weighted by Gasteiger charge is 2.59. The van der Waals surface area contributed by atoms with Crippen LogP contribution in [-0.4, -0.2) is 76.9 Å². The molecule has 0 N–H and O–H groups in total. The summed E-state index contributed by atoms with van der Waals surface area (Å²) in [6.07, 6.45) is 0.858. The van der Waals surface area contributed by atoms with Gasteiger partial charge in [-0.05, 0) is 41.0 Å². The Morgan fingerprint density at radius 1 is 0.837 bits per heavy atom. The SMILES string of the molecule is COc1ccc(CN(Cc2ccc(OC)cc2)c2nc(N3CCN(C(=O)OCc4ccccc4)CC3)nc3c(C4CC4(F)F)cnn23)cc1. The molecule has 13 heteroatoms. The molecule has 1 unspecified atom stereocenters. The molecule has 254 valence electrons. The van der Waals surface area contributed by atoms with E-state index in [1.807, 2.05) is 83.8 Å². The van der Waals surface area contributed by atoms with Crippen LogP contribution in [0.5, 0.6) is 11.5 Å². The summed E-state index contributed by atoms with van der Waals surface area (Å²) in [6, 6.07) is 25.0. The van der Waals surface area contributed by atoms with Crippen LogP contribution >= 0.6 is 0 Å². The van der Waals surface area contributed by atoms with Gasteiger partial charge in [0.2, 0.25) is 11.9 Å². The van der Waals surface area contributed by atoms with Crippen molar-refractivity contribution < 1.29 is 27.8 Å². The number of nitrogens with zero attached hydrogens (tertiary/aromatic N) is 7. The Bertz CT molecular complexity index is 1850. The summed E-state index contributed by atoms with van der Waals surface area (Å²) in [5.41, 5.74) is 3.64. The molecule has 1 saturated heterocycles. The predicted molar refractivity (Wildman–Crippen MR) is 179 cm³/mol. The average molecular weight is 670 g/mol. The number of alkyl halides is 2. The molecule has 49 heavy (non-hydrogen) atoms. The minimum Gasteiger partial charge on any atom is -0.497 e. The first-order valence-electron chi connectivity index (χ1n) is 16.2. The lowest BCUT2D eigenvalue weighted by atomic mass is 10.1. The molecular formula is C36H37F2N7O4. The van der Waals surface area contributed by atoms with Gasteiger partial charge in [0.1, 0.15) is 18.1 Å². The van der Waals surface area contributed by atoms with E-state index in [9.17, 15) is 13.6 Å². The molecule has 0 radical (unpaired) electrons. The molecule has 1 amide bonds. The van der Waals surface area contributed by atoms with Crippen LogP contribution in [0, 0.1) is 0 Å². The second-order valence-electron chi connectivity index (χ2n) is 12.2. The van der Waals surface area contributed by atoms with Crippen molar-refractivity contribution in [2.45, 2.75) is 38.0 Å². The number of hydrogen-bond donors (Lipinski definition) is 0. The monoisotopic (exact) mass is 669 g/mol. The summed E-state index contributed by atoms with van der Waals surface area (Å²) < 4.78 is 46.7. The van der Waals surface area contributed by atoms with Crippen LogP contribution in [0.15, 0.2) is 85.1 Å². The lowest BCUT2D eigenvalue weighted by molar-refractivity contribution is 0.0940. The van der Waals surface area contributed by atoms with E-state index in [-0.39, 0.29) is 19.1 Å². The van der Waals surface area contributed by atoms with Crippen molar-refractivity contribution in [1.29, 1.82) is 0 Å². The number of amides is 1. The highest BCUT2D eigenvalue weighted by Crippen LogP contribution is 2.56. The normalized spacial score (nSPS) is 16.8. The fourth-order valence-electron chi connectivity index (χ4n) is 6.01. The van der Waals surface area contributed by atoms with Crippen molar-refractivity contribution >= 4 is 23.6 Å². The molecule has 2 fully saturated rings. The summed E-state index contributed by atoms with van der Waals surface area (Å²) >= 11 is 0. The van der Waals surface area contributed by atoms with Gasteiger partial charge >= 0.3 is 6.09 Å². The summed E-state index contributed by atoms with van der Waals surface area (Å²) in [6.45, 7) is 2.75. The highest BCUT2D eigenvalue weighted by atomic mass is 19.3. The zero-order valence-corrected chi connectivity index (χ0v) is 27.3. The van der Waals surface area contributed by atoms with Crippen molar-refractivity contribution in [3.05, 3.63) is 107 Å². The van der Waals surface area contributed by atoms with E-state index < -0.39 is 11.8 Å². The van der Waals surface area contributed by atoms with Gasteiger partial charge in [-0.25, -0.2) is 13.6 Å². The number of fused-ring (bicyclic) bond motifs is 1. The number of carbonyl (C=O) groups excluding carboxylic acids is 1. The fraction of sp³-hybridized carbons (Fsp3) is 0.333. The summed E-state index contributed by atoms with van der Waals surface area (Å²) in [4.78, 5) is 28.4. The van der Waals surface area contributed by atoms with Crippen molar-refractivity contribution in [2.75, 3.05) is 50.2 Å². The second kappa shape index (κ2) is 13.6. The van der Waals surface area contributed by atoms with Gasteiger partial charge < -0.3 is 28.9 Å². The summed E-state index contributed by atoms with van der Waals surface area (Å²) in [5, 5.41) is 4.56. The Balaban J connectivity index is 1.20. The number of aromatic nitrogens is 4. The van der Waals surface area contributed by atoms with Gasteiger partial charge in [0.15, 0.2) is 5.65 Å². The van der Waals surface area contributed by atoms with Gasteiger partial charge in [-0.1, -0.05) is 54.6 Å². The third kappa shape index (κ3) is 7.06. The van der Waals surface area contributed by atoms with Gasteiger partial charge in [-0.3, -0.25) is 0 Å². The van der Waals surface area contributed by atoms with Crippen LogP contribution < -0.4 is 19.3 Å². The Hall–Kier alpha value is -5.46. The highest BCUT2D eigenvalue weighted by molar-refractivity contribution is 5.68. The topological polar surface area (TPSA) is 97.6 Å². The Labute approximate surface area is 282 Å². The first kappa shape index (κ1) is 32.1. The van der Waals surface area contributed by atoms with Crippen LogP contribution in [0.3, 0.4) is 0 Å². The number of piperazine rings is 1. The summed E-state index contributed by atoms with van der Waals surface area (Å²) in [5.74, 6) is -1.42. The summed E-state index contributed by atoms with van der Waals surface area (Å²) in [7, 11) is 3.24. The Morgan fingerprint density at radius 3 is 1.98 bits per heavy atom. The largest absolute Gasteiger partial charge is 0.497 e. The van der Waals surface area contributed by atoms with Gasteiger partial charge in [0, 0.05) is 51.3 Å². The minimum atomic E-state index is -2.80. The van der Waals surface area contributed by atoms with Gasteiger partial charge in [-0.15, -0.1) is 0 Å². The molecule has 1 saturated carbocycles. The number of anilines is 2. The van der Waals surface area contributed by atoms with E-state index in [2.05, 4.69) is 10.00 Å². The first-order chi connectivity index (χ1) is 23.8. The maximum Gasteiger partial charge on any atom is 0.410 e. The standard InChI is InChI=1S/C36H37F2N7O4/c1-47-28-12-8-25(9-13-28)22-44(23-26-10-14-29(48-2)15-11-26)34-41-33(40-32-30(21-39-45(32)34)31-20-36(31,37)38)42-16-18-43(19-17-42)35(46)49-24-27-6-4-3-5-7-27/h3-15,21,31H,16-20,22-24H2,1-2H3. The molecule has 11 nitrogen and oxygen atoms in total. The quantitative estimate of drug-likeness (QED) is 0.170. The number of hydrogen-bond acceptors (Lipinski definition) is 9. The van der Waals surface area contributed by atoms with Gasteiger partial charge in [-0.2, -0.15) is 19.6 Å². The van der Waals surface area contributed by atoms with E-state index in [1.54, 1.807) is 23.6 Å². The molecule has 2 aromatic heterocycles. The lowest BCUT2D eigenvalue weighted by Gasteiger charge is -2.34. The van der Waals surface area contributed by atoms with Crippen LogP contribution in [0.4, 0.5) is 25.5 Å². The van der Waals surface area contributed by atoms with Crippen molar-refractivity contribution in [3.63, 3.8) is 0 Å². The molecule has 3 heterocycles. The van der Waals surface area contributed by atoms with Crippen LogP contribution in [0.1, 0.15) is 34.6 Å². The van der Waals surface area contributed by atoms with Gasteiger partial charge in [0.05, 0.1) is 26.3 Å². The zero-order chi connectivity index (χ0) is 34.0. The number of halogens is 2. The number of carbonyl (C=O) groups is 1. The molecule has 7 rings (SSSR count). The lowest BCUT2D eigenvalue weighted by Crippen LogP contribution is -2.49.